The Morgan fingerprint density at radius 3 is 1.94 bits per heavy atom. The minimum absolute atomic E-state index is 0.0846. The average molecular weight is 424 g/mol. The van der Waals surface area contributed by atoms with Gasteiger partial charge in [0, 0.05) is 18.7 Å². The molecule has 6 nitrogen and oxygen atoms in total. The standard InChI is InChI=1S/C21H25NO.C4H4O4/c1-22-14-6-9-18(15-22)23-21-19-10-4-2-7-16(19)12-13-17-8-3-5-11-20(17)21;5-3(6)1-2-4(7)8/h2-5,7-8,10-11,18,21H,6,9,12-15H2,1H3;1-2H,(H,5,6)(H,7,8)/b;2-1-. The fourth-order valence-corrected chi connectivity index (χ4v) is 4.18. The Morgan fingerprint density at radius 2 is 1.45 bits per heavy atom. The zero-order chi connectivity index (χ0) is 22.2. The van der Waals surface area contributed by atoms with Gasteiger partial charge < -0.3 is 19.8 Å². The van der Waals surface area contributed by atoms with Crippen molar-refractivity contribution in [2.24, 2.45) is 0 Å². The smallest absolute Gasteiger partial charge is 0.328 e. The molecule has 0 saturated carbocycles. The second kappa shape index (κ2) is 10.9. The summed E-state index contributed by atoms with van der Waals surface area (Å²) in [6.07, 6.45) is 6.15. The van der Waals surface area contributed by atoms with Crippen molar-refractivity contribution in [3.63, 3.8) is 0 Å². The average Bonchev–Trinajstić information content (AvgIpc) is 2.90. The van der Waals surface area contributed by atoms with E-state index in [1.807, 2.05) is 0 Å². The van der Waals surface area contributed by atoms with E-state index in [-0.39, 0.29) is 6.10 Å². The van der Waals surface area contributed by atoms with E-state index in [0.717, 1.165) is 19.4 Å². The molecule has 164 valence electrons. The number of ether oxygens (including phenoxy) is 1. The summed E-state index contributed by atoms with van der Waals surface area (Å²) < 4.78 is 6.69. The molecule has 1 fully saturated rings. The summed E-state index contributed by atoms with van der Waals surface area (Å²) in [6.45, 7) is 2.23. The maximum Gasteiger partial charge on any atom is 0.328 e. The van der Waals surface area contributed by atoms with Crippen molar-refractivity contribution in [2.45, 2.75) is 37.9 Å². The first-order valence-corrected chi connectivity index (χ1v) is 10.6. The van der Waals surface area contributed by atoms with Crippen molar-refractivity contribution < 1.29 is 24.5 Å². The number of carbonyl (C=O) groups is 2. The van der Waals surface area contributed by atoms with Gasteiger partial charge in [0.05, 0.1) is 6.10 Å². The highest BCUT2D eigenvalue weighted by atomic mass is 16.5. The van der Waals surface area contributed by atoms with Gasteiger partial charge in [-0.25, -0.2) is 9.59 Å². The lowest BCUT2D eigenvalue weighted by Gasteiger charge is -2.33. The van der Waals surface area contributed by atoms with E-state index in [2.05, 4.69) is 60.5 Å². The molecule has 2 aromatic carbocycles. The van der Waals surface area contributed by atoms with Gasteiger partial charge in [-0.2, -0.15) is 0 Å². The third kappa shape index (κ3) is 6.51. The van der Waals surface area contributed by atoms with Crippen LogP contribution in [0.15, 0.2) is 60.7 Å². The van der Waals surface area contributed by atoms with Crippen molar-refractivity contribution in [3.8, 4) is 0 Å². The maximum atomic E-state index is 9.55. The van der Waals surface area contributed by atoms with Gasteiger partial charge in [0.2, 0.25) is 0 Å². The number of carboxylic acids is 2. The number of likely N-dealkylation sites (tertiary alicyclic amines) is 1. The first kappa shape index (κ1) is 22.7. The molecule has 2 aromatic rings. The molecule has 1 unspecified atom stereocenters. The molecule has 0 bridgehead atoms. The van der Waals surface area contributed by atoms with Crippen LogP contribution in [0.25, 0.3) is 0 Å². The third-order valence-electron chi connectivity index (χ3n) is 5.62. The molecule has 0 radical (unpaired) electrons. The molecule has 2 N–H and O–H groups in total. The van der Waals surface area contributed by atoms with Gasteiger partial charge in [-0.3, -0.25) is 0 Å². The zero-order valence-electron chi connectivity index (χ0n) is 17.7. The largest absolute Gasteiger partial charge is 0.478 e. The number of benzene rings is 2. The topological polar surface area (TPSA) is 87.1 Å². The summed E-state index contributed by atoms with van der Waals surface area (Å²) in [5.41, 5.74) is 5.62. The highest BCUT2D eigenvalue weighted by Crippen LogP contribution is 2.36. The second-order valence-electron chi connectivity index (χ2n) is 7.95. The van der Waals surface area contributed by atoms with Crippen LogP contribution in [0.2, 0.25) is 0 Å². The highest BCUT2D eigenvalue weighted by molar-refractivity contribution is 5.89. The SMILES string of the molecule is CN1CCCC(OC2c3ccccc3CCc3ccccc32)C1.O=C(O)/C=C\C(=O)O. The normalized spacial score (nSPS) is 18.9. The Bertz CT molecular complexity index is 876. The quantitative estimate of drug-likeness (QED) is 0.730. The Labute approximate surface area is 182 Å². The Morgan fingerprint density at radius 1 is 0.935 bits per heavy atom. The van der Waals surface area contributed by atoms with E-state index in [1.54, 1.807) is 0 Å². The van der Waals surface area contributed by atoms with E-state index in [1.165, 1.54) is 41.6 Å². The van der Waals surface area contributed by atoms with Gasteiger partial charge in [-0.1, -0.05) is 48.5 Å². The number of aliphatic carboxylic acids is 2. The molecule has 6 heteroatoms. The van der Waals surface area contributed by atoms with Gasteiger partial charge in [0.15, 0.2) is 0 Å². The van der Waals surface area contributed by atoms with E-state index >= 15 is 0 Å². The predicted molar refractivity (Wildman–Crippen MR) is 118 cm³/mol. The Balaban J connectivity index is 0.000000293. The number of hydrogen-bond acceptors (Lipinski definition) is 4. The maximum absolute atomic E-state index is 9.55. The van der Waals surface area contributed by atoms with Crippen LogP contribution < -0.4 is 0 Å². The number of nitrogens with zero attached hydrogens (tertiary/aromatic N) is 1. The molecule has 4 rings (SSSR count). The molecule has 1 aliphatic carbocycles. The lowest BCUT2D eigenvalue weighted by atomic mass is 9.96. The number of piperidine rings is 1. The summed E-state index contributed by atoms with van der Waals surface area (Å²) in [6, 6.07) is 17.7. The first-order chi connectivity index (χ1) is 14.9. The number of likely N-dealkylation sites (N-methyl/N-ethyl adjacent to an activating group) is 1. The molecule has 2 aliphatic rings. The Kier molecular flexibility index (Phi) is 7.98. The Hall–Kier alpha value is -2.96. The van der Waals surface area contributed by atoms with Gasteiger partial charge in [-0.15, -0.1) is 0 Å². The van der Waals surface area contributed by atoms with Crippen molar-refractivity contribution in [1.82, 2.24) is 4.90 Å². The van der Waals surface area contributed by atoms with Crippen LogP contribution in [-0.2, 0) is 27.2 Å². The van der Waals surface area contributed by atoms with Gasteiger partial charge in [0.1, 0.15) is 6.10 Å². The van der Waals surface area contributed by atoms with Crippen molar-refractivity contribution in [2.75, 3.05) is 20.1 Å². The van der Waals surface area contributed by atoms with Crippen LogP contribution in [0.5, 0.6) is 0 Å². The summed E-state index contributed by atoms with van der Waals surface area (Å²) in [7, 11) is 2.20. The minimum Gasteiger partial charge on any atom is -0.478 e. The van der Waals surface area contributed by atoms with Crippen LogP contribution in [0.4, 0.5) is 0 Å². The molecule has 1 heterocycles. The number of fused-ring (bicyclic) bond motifs is 2. The summed E-state index contributed by atoms with van der Waals surface area (Å²) >= 11 is 0. The minimum atomic E-state index is -1.26. The van der Waals surface area contributed by atoms with Crippen LogP contribution in [-0.4, -0.2) is 53.3 Å². The lowest BCUT2D eigenvalue weighted by Crippen LogP contribution is -2.37. The molecule has 31 heavy (non-hydrogen) atoms. The van der Waals surface area contributed by atoms with Crippen LogP contribution in [0.3, 0.4) is 0 Å². The molecule has 1 atom stereocenters. The third-order valence-corrected chi connectivity index (χ3v) is 5.62. The fraction of sp³-hybridized carbons (Fsp3) is 0.360. The number of carboxylic acid groups (broad SMARTS) is 2. The molecule has 0 spiro atoms. The van der Waals surface area contributed by atoms with Crippen LogP contribution in [0, 0.1) is 0 Å². The monoisotopic (exact) mass is 423 g/mol. The van der Waals surface area contributed by atoms with Crippen molar-refractivity contribution >= 4 is 11.9 Å². The van der Waals surface area contributed by atoms with Crippen LogP contribution in [0.1, 0.15) is 41.2 Å². The van der Waals surface area contributed by atoms with Gasteiger partial charge in [-0.05, 0) is 61.5 Å². The molecule has 1 aliphatic heterocycles. The van der Waals surface area contributed by atoms with E-state index in [0.29, 0.717) is 18.3 Å². The van der Waals surface area contributed by atoms with E-state index in [9.17, 15) is 9.59 Å². The fourth-order valence-electron chi connectivity index (χ4n) is 4.18. The molecular weight excluding hydrogens is 394 g/mol. The second-order valence-corrected chi connectivity index (χ2v) is 7.95. The lowest BCUT2D eigenvalue weighted by molar-refractivity contribution is -0.134. The molecule has 1 saturated heterocycles. The molecule has 0 aromatic heterocycles. The van der Waals surface area contributed by atoms with E-state index < -0.39 is 11.9 Å². The zero-order valence-corrected chi connectivity index (χ0v) is 17.7. The summed E-state index contributed by atoms with van der Waals surface area (Å²) in [5, 5.41) is 15.6. The van der Waals surface area contributed by atoms with Crippen molar-refractivity contribution in [1.29, 1.82) is 0 Å². The van der Waals surface area contributed by atoms with E-state index in [4.69, 9.17) is 14.9 Å². The van der Waals surface area contributed by atoms with Crippen LogP contribution >= 0.6 is 0 Å². The van der Waals surface area contributed by atoms with Gasteiger partial charge >= 0.3 is 11.9 Å². The summed E-state index contributed by atoms with van der Waals surface area (Å²) in [4.78, 5) is 21.5. The summed E-state index contributed by atoms with van der Waals surface area (Å²) in [5.74, 6) is -2.51. The molecule has 0 amide bonds. The number of aryl methyl sites for hydroxylation is 2. The number of rotatable bonds is 4. The number of hydrogen-bond donors (Lipinski definition) is 2. The van der Waals surface area contributed by atoms with Crippen molar-refractivity contribution in [3.05, 3.63) is 82.9 Å². The first-order valence-electron chi connectivity index (χ1n) is 10.6. The van der Waals surface area contributed by atoms with Gasteiger partial charge in [0.25, 0.3) is 0 Å². The highest BCUT2D eigenvalue weighted by Gasteiger charge is 2.28. The molecular formula is C25H29NO5. The predicted octanol–water partition coefficient (Wildman–Crippen LogP) is 3.70.